The quantitative estimate of drug-likeness (QED) is 0.548. The van der Waals surface area contributed by atoms with E-state index in [2.05, 4.69) is 20.2 Å². The molecule has 1 fully saturated rings. The number of ether oxygens (including phenoxy) is 1. The zero-order chi connectivity index (χ0) is 21.4. The lowest BCUT2D eigenvalue weighted by molar-refractivity contribution is 0.0269. The fraction of sp³-hybridized carbons (Fsp3) is 0.273. The first-order chi connectivity index (χ1) is 15.1. The minimum Gasteiger partial charge on any atom is -0.380 e. The average Bonchev–Trinajstić information content (AvgIpc) is 3.48. The van der Waals surface area contributed by atoms with Crippen molar-refractivity contribution in [2.24, 2.45) is 0 Å². The molecule has 31 heavy (non-hydrogen) atoms. The van der Waals surface area contributed by atoms with Crippen molar-refractivity contribution in [1.29, 1.82) is 0 Å². The Morgan fingerprint density at radius 1 is 1.29 bits per heavy atom. The number of nitrogens with one attached hydrogen (secondary N) is 1. The Labute approximate surface area is 177 Å². The van der Waals surface area contributed by atoms with E-state index in [1.54, 1.807) is 30.0 Å². The SMILES string of the molecule is CO[C@@H]1CCCN(C(=O)c2cnc3c(ccn3-c3ccc(-c4nnc[nH]4)c(F)c3)c2)C1. The topological polar surface area (TPSA) is 88.9 Å². The maximum Gasteiger partial charge on any atom is 0.255 e. The molecule has 0 aliphatic carbocycles. The summed E-state index contributed by atoms with van der Waals surface area (Å²) in [4.78, 5) is 22.1. The molecule has 1 saturated heterocycles. The summed E-state index contributed by atoms with van der Waals surface area (Å²) < 4.78 is 21.9. The van der Waals surface area contributed by atoms with Crippen LogP contribution in [0, 0.1) is 5.82 Å². The van der Waals surface area contributed by atoms with Gasteiger partial charge in [-0.25, -0.2) is 9.37 Å². The van der Waals surface area contributed by atoms with E-state index in [9.17, 15) is 9.18 Å². The van der Waals surface area contributed by atoms with Gasteiger partial charge >= 0.3 is 0 Å². The van der Waals surface area contributed by atoms with Crippen LogP contribution in [0.2, 0.25) is 0 Å². The average molecular weight is 420 g/mol. The Bertz CT molecular complexity index is 1240. The van der Waals surface area contributed by atoms with Crippen LogP contribution in [0.5, 0.6) is 0 Å². The number of benzene rings is 1. The molecule has 1 amide bonds. The number of aromatic amines is 1. The monoisotopic (exact) mass is 420 g/mol. The second kappa shape index (κ2) is 7.92. The maximum atomic E-state index is 14.7. The molecule has 1 aliphatic heterocycles. The molecule has 0 radical (unpaired) electrons. The van der Waals surface area contributed by atoms with E-state index < -0.39 is 5.82 Å². The molecule has 0 saturated carbocycles. The molecule has 4 aromatic rings. The van der Waals surface area contributed by atoms with E-state index in [-0.39, 0.29) is 12.0 Å². The molecule has 158 valence electrons. The Kier molecular flexibility index (Phi) is 4.95. The first kappa shape index (κ1) is 19.4. The number of amides is 1. The first-order valence-electron chi connectivity index (χ1n) is 10.1. The van der Waals surface area contributed by atoms with Gasteiger partial charge in [-0.15, -0.1) is 10.2 Å². The third-order valence-electron chi connectivity index (χ3n) is 5.67. The fourth-order valence-corrected chi connectivity index (χ4v) is 4.03. The number of rotatable bonds is 4. The van der Waals surface area contributed by atoms with E-state index in [0.717, 1.165) is 18.2 Å². The lowest BCUT2D eigenvalue weighted by Gasteiger charge is -2.31. The summed E-state index contributed by atoms with van der Waals surface area (Å²) in [5.41, 5.74) is 2.15. The fourth-order valence-electron chi connectivity index (χ4n) is 4.03. The van der Waals surface area contributed by atoms with Gasteiger partial charge in [-0.3, -0.25) is 4.79 Å². The molecule has 1 aliphatic rings. The Morgan fingerprint density at radius 2 is 2.19 bits per heavy atom. The summed E-state index contributed by atoms with van der Waals surface area (Å²) in [6, 6.07) is 8.57. The number of pyridine rings is 1. The lowest BCUT2D eigenvalue weighted by Crippen LogP contribution is -2.42. The van der Waals surface area contributed by atoms with E-state index in [1.165, 1.54) is 12.4 Å². The van der Waals surface area contributed by atoms with E-state index in [4.69, 9.17) is 4.74 Å². The summed E-state index contributed by atoms with van der Waals surface area (Å²) in [7, 11) is 1.68. The van der Waals surface area contributed by atoms with Crippen molar-refractivity contribution in [1.82, 2.24) is 29.6 Å². The molecular weight excluding hydrogens is 399 g/mol. The number of piperidine rings is 1. The molecular formula is C22H21FN6O2. The van der Waals surface area contributed by atoms with Crippen LogP contribution in [0.15, 0.2) is 49.1 Å². The van der Waals surface area contributed by atoms with E-state index >= 15 is 0 Å². The van der Waals surface area contributed by atoms with Crippen molar-refractivity contribution in [3.63, 3.8) is 0 Å². The van der Waals surface area contributed by atoms with Gasteiger partial charge in [-0.1, -0.05) is 0 Å². The first-order valence-corrected chi connectivity index (χ1v) is 10.1. The van der Waals surface area contributed by atoms with E-state index in [0.29, 0.717) is 41.4 Å². The molecule has 1 atom stereocenters. The Morgan fingerprint density at radius 3 is 2.97 bits per heavy atom. The van der Waals surface area contributed by atoms with Crippen molar-refractivity contribution in [2.75, 3.05) is 20.2 Å². The van der Waals surface area contributed by atoms with Crippen molar-refractivity contribution in [3.05, 3.63) is 60.4 Å². The summed E-state index contributed by atoms with van der Waals surface area (Å²) in [5, 5.41) is 8.36. The normalized spacial score (nSPS) is 16.7. The molecule has 1 N–H and O–H groups in total. The number of likely N-dealkylation sites (tertiary alicyclic amines) is 1. The van der Waals surface area contributed by atoms with Gasteiger partial charge in [-0.2, -0.15) is 0 Å². The van der Waals surface area contributed by atoms with Crippen LogP contribution < -0.4 is 0 Å². The number of fused-ring (bicyclic) bond motifs is 1. The third kappa shape index (κ3) is 3.57. The second-order valence-corrected chi connectivity index (χ2v) is 7.58. The minimum atomic E-state index is -0.416. The molecule has 0 spiro atoms. The molecule has 5 rings (SSSR count). The zero-order valence-electron chi connectivity index (χ0n) is 17.0. The van der Waals surface area contributed by atoms with Gasteiger partial charge in [0.2, 0.25) is 0 Å². The van der Waals surface area contributed by atoms with Crippen LogP contribution in [0.1, 0.15) is 23.2 Å². The summed E-state index contributed by atoms with van der Waals surface area (Å²) in [5.74, 6) is -0.0943. The van der Waals surface area contributed by atoms with Crippen molar-refractivity contribution in [3.8, 4) is 17.1 Å². The lowest BCUT2D eigenvalue weighted by atomic mass is 10.1. The highest BCUT2D eigenvalue weighted by atomic mass is 19.1. The number of nitrogens with zero attached hydrogens (tertiary/aromatic N) is 5. The number of hydrogen-bond acceptors (Lipinski definition) is 5. The van der Waals surface area contributed by atoms with Gasteiger partial charge in [0.1, 0.15) is 17.8 Å². The van der Waals surface area contributed by atoms with Gasteiger partial charge in [-0.05, 0) is 43.2 Å². The molecule has 9 heteroatoms. The molecule has 0 unspecified atom stereocenters. The predicted molar refractivity (Wildman–Crippen MR) is 112 cm³/mol. The maximum absolute atomic E-state index is 14.7. The van der Waals surface area contributed by atoms with Crippen molar-refractivity contribution in [2.45, 2.75) is 18.9 Å². The van der Waals surface area contributed by atoms with Crippen LogP contribution >= 0.6 is 0 Å². The van der Waals surface area contributed by atoms with Gasteiger partial charge in [0.25, 0.3) is 5.91 Å². The second-order valence-electron chi connectivity index (χ2n) is 7.58. The summed E-state index contributed by atoms with van der Waals surface area (Å²) in [6.45, 7) is 1.31. The smallest absolute Gasteiger partial charge is 0.255 e. The standard InChI is InChI=1S/C22H21FN6O2/c1-31-17-3-2-7-28(12-17)22(30)15-9-14-6-8-29(21(14)24-11-15)16-4-5-18(19(23)10-16)20-25-13-26-27-20/h4-6,8-11,13,17H,2-3,7,12H2,1H3,(H,25,26,27)/t17-/m1/s1. The number of aromatic nitrogens is 5. The Hall–Kier alpha value is -3.59. The molecule has 8 nitrogen and oxygen atoms in total. The van der Waals surface area contributed by atoms with Crippen LogP contribution in [-0.2, 0) is 4.74 Å². The van der Waals surface area contributed by atoms with Crippen LogP contribution in [0.25, 0.3) is 28.1 Å². The largest absolute Gasteiger partial charge is 0.380 e. The molecule has 0 bridgehead atoms. The van der Waals surface area contributed by atoms with Gasteiger partial charge in [0, 0.05) is 43.7 Å². The molecule has 4 heterocycles. The number of halogens is 1. The highest BCUT2D eigenvalue weighted by molar-refractivity contribution is 5.97. The van der Waals surface area contributed by atoms with E-state index in [1.807, 2.05) is 23.2 Å². The molecule has 1 aromatic carbocycles. The minimum absolute atomic E-state index is 0.0497. The van der Waals surface area contributed by atoms with Crippen LogP contribution in [0.4, 0.5) is 4.39 Å². The highest BCUT2D eigenvalue weighted by Crippen LogP contribution is 2.25. The van der Waals surface area contributed by atoms with Crippen LogP contribution in [0.3, 0.4) is 0 Å². The summed E-state index contributed by atoms with van der Waals surface area (Å²) >= 11 is 0. The number of carbonyl (C=O) groups excluding carboxylic acids is 1. The number of hydrogen-bond donors (Lipinski definition) is 1. The predicted octanol–water partition coefficient (Wildman–Crippen LogP) is 3.20. The third-order valence-corrected chi connectivity index (χ3v) is 5.67. The number of methoxy groups -OCH3 is 1. The number of carbonyl (C=O) groups is 1. The van der Waals surface area contributed by atoms with Gasteiger partial charge in [0.05, 0.1) is 17.2 Å². The van der Waals surface area contributed by atoms with Gasteiger partial charge in [0.15, 0.2) is 5.82 Å². The molecule has 3 aromatic heterocycles. The zero-order valence-corrected chi connectivity index (χ0v) is 17.0. The van der Waals surface area contributed by atoms with Gasteiger partial charge < -0.3 is 19.2 Å². The van der Waals surface area contributed by atoms with Crippen molar-refractivity contribution >= 4 is 16.9 Å². The van der Waals surface area contributed by atoms with Crippen LogP contribution in [-0.4, -0.2) is 61.8 Å². The Balaban J connectivity index is 1.43. The highest BCUT2D eigenvalue weighted by Gasteiger charge is 2.25. The summed E-state index contributed by atoms with van der Waals surface area (Å²) in [6.07, 6.45) is 6.76. The number of H-pyrrole nitrogens is 1. The van der Waals surface area contributed by atoms with Crippen molar-refractivity contribution < 1.29 is 13.9 Å².